The highest BCUT2D eigenvalue weighted by Crippen LogP contribution is 2.24. The average molecular weight is 184 g/mol. The molecule has 0 saturated carbocycles. The maximum Gasteiger partial charge on any atom is 0.327 e. The largest absolute Gasteiger partial charge is 0.328 e. The number of rotatable bonds is 5. The van der Waals surface area contributed by atoms with E-state index < -0.39 is 8.60 Å². The van der Waals surface area contributed by atoms with Gasteiger partial charge in [0.25, 0.3) is 0 Å². The first-order valence-corrected chi connectivity index (χ1v) is 4.83. The van der Waals surface area contributed by atoms with Crippen molar-refractivity contribution in [2.75, 3.05) is 6.61 Å². The molecule has 0 fully saturated rings. The SMILES string of the molecule is CCC(S)CCOP(O)O. The van der Waals surface area contributed by atoms with Gasteiger partial charge in [-0.25, -0.2) is 0 Å². The lowest BCUT2D eigenvalue weighted by Crippen LogP contribution is -2.00. The fourth-order valence-corrected chi connectivity index (χ4v) is 0.849. The van der Waals surface area contributed by atoms with E-state index >= 15 is 0 Å². The standard InChI is InChI=1S/C5H13O3PS/c1-2-5(10)3-4-8-9(6)7/h5-7,10H,2-4H2,1H3. The van der Waals surface area contributed by atoms with Gasteiger partial charge >= 0.3 is 8.60 Å². The molecular weight excluding hydrogens is 171 g/mol. The summed E-state index contributed by atoms with van der Waals surface area (Å²) >= 11 is 4.20. The van der Waals surface area contributed by atoms with E-state index in [0.29, 0.717) is 11.9 Å². The van der Waals surface area contributed by atoms with E-state index in [-0.39, 0.29) is 0 Å². The van der Waals surface area contributed by atoms with Crippen molar-refractivity contribution in [2.45, 2.75) is 25.0 Å². The average Bonchev–Trinajstić information content (AvgIpc) is 1.87. The van der Waals surface area contributed by atoms with Crippen LogP contribution in [-0.2, 0) is 4.52 Å². The topological polar surface area (TPSA) is 49.7 Å². The van der Waals surface area contributed by atoms with Crippen LogP contribution in [0.4, 0.5) is 0 Å². The Morgan fingerprint density at radius 3 is 2.60 bits per heavy atom. The third kappa shape index (κ3) is 6.78. The molecule has 0 spiro atoms. The third-order valence-electron chi connectivity index (χ3n) is 1.13. The molecule has 0 amide bonds. The minimum Gasteiger partial charge on any atom is -0.328 e. The van der Waals surface area contributed by atoms with Gasteiger partial charge < -0.3 is 14.3 Å². The Bertz CT molecular complexity index is 81.3. The second-order valence-electron chi connectivity index (χ2n) is 1.94. The fourth-order valence-electron chi connectivity index (χ4n) is 0.475. The third-order valence-corrected chi connectivity index (χ3v) is 2.17. The Kier molecular flexibility index (Phi) is 6.80. The molecule has 0 radical (unpaired) electrons. The Morgan fingerprint density at radius 1 is 1.60 bits per heavy atom. The zero-order valence-electron chi connectivity index (χ0n) is 5.90. The smallest absolute Gasteiger partial charge is 0.327 e. The molecule has 5 heteroatoms. The lowest BCUT2D eigenvalue weighted by molar-refractivity contribution is 0.251. The van der Waals surface area contributed by atoms with E-state index in [1.165, 1.54) is 0 Å². The highest BCUT2D eigenvalue weighted by atomic mass is 32.1. The minimum atomic E-state index is -2.17. The molecule has 1 unspecified atom stereocenters. The summed E-state index contributed by atoms with van der Waals surface area (Å²) in [7, 11) is -2.17. The van der Waals surface area contributed by atoms with Crippen LogP contribution >= 0.6 is 21.2 Å². The second-order valence-corrected chi connectivity index (χ2v) is 3.43. The molecule has 62 valence electrons. The monoisotopic (exact) mass is 184 g/mol. The summed E-state index contributed by atoms with van der Waals surface area (Å²) in [4.78, 5) is 16.6. The van der Waals surface area contributed by atoms with Crippen LogP contribution in [0.2, 0.25) is 0 Å². The molecule has 0 heterocycles. The van der Waals surface area contributed by atoms with Crippen molar-refractivity contribution in [1.29, 1.82) is 0 Å². The van der Waals surface area contributed by atoms with E-state index in [1.54, 1.807) is 0 Å². The molecule has 0 bridgehead atoms. The van der Waals surface area contributed by atoms with Crippen LogP contribution in [0.5, 0.6) is 0 Å². The van der Waals surface area contributed by atoms with Crippen LogP contribution in [-0.4, -0.2) is 21.6 Å². The summed E-state index contributed by atoms with van der Waals surface area (Å²) < 4.78 is 4.54. The first-order valence-electron chi connectivity index (χ1n) is 3.15. The van der Waals surface area contributed by atoms with Gasteiger partial charge in [0.2, 0.25) is 0 Å². The molecule has 1 atom stereocenters. The first-order chi connectivity index (χ1) is 4.66. The molecule has 3 nitrogen and oxygen atoms in total. The van der Waals surface area contributed by atoms with Gasteiger partial charge in [0, 0.05) is 5.25 Å². The van der Waals surface area contributed by atoms with E-state index in [4.69, 9.17) is 9.79 Å². The molecule has 0 aliphatic rings. The summed E-state index contributed by atoms with van der Waals surface area (Å²) in [6.07, 6.45) is 1.74. The summed E-state index contributed by atoms with van der Waals surface area (Å²) in [6.45, 7) is 2.40. The predicted molar refractivity (Wildman–Crippen MR) is 45.0 cm³/mol. The second kappa shape index (κ2) is 6.38. The van der Waals surface area contributed by atoms with Crippen molar-refractivity contribution in [3.05, 3.63) is 0 Å². The van der Waals surface area contributed by atoms with Gasteiger partial charge in [-0.1, -0.05) is 6.92 Å². The van der Waals surface area contributed by atoms with Crippen LogP contribution in [0.15, 0.2) is 0 Å². The maximum absolute atomic E-state index is 8.31. The highest BCUT2D eigenvalue weighted by Gasteiger charge is 2.02. The van der Waals surface area contributed by atoms with Crippen molar-refractivity contribution in [2.24, 2.45) is 0 Å². The van der Waals surface area contributed by atoms with E-state index in [0.717, 1.165) is 12.8 Å². The van der Waals surface area contributed by atoms with Crippen molar-refractivity contribution in [1.82, 2.24) is 0 Å². The van der Waals surface area contributed by atoms with Gasteiger partial charge in [-0.2, -0.15) is 12.6 Å². The molecule has 0 aliphatic carbocycles. The Morgan fingerprint density at radius 2 is 2.20 bits per heavy atom. The maximum atomic E-state index is 8.31. The highest BCUT2D eigenvalue weighted by molar-refractivity contribution is 7.80. The number of hydrogen-bond donors (Lipinski definition) is 3. The van der Waals surface area contributed by atoms with Crippen molar-refractivity contribution in [3.63, 3.8) is 0 Å². The number of hydrogen-bond acceptors (Lipinski definition) is 4. The van der Waals surface area contributed by atoms with Crippen LogP contribution in [0.25, 0.3) is 0 Å². The van der Waals surface area contributed by atoms with Crippen LogP contribution < -0.4 is 0 Å². The van der Waals surface area contributed by atoms with Crippen LogP contribution in [0, 0.1) is 0 Å². The van der Waals surface area contributed by atoms with Crippen molar-refractivity contribution in [3.8, 4) is 0 Å². The summed E-state index contributed by atoms with van der Waals surface area (Å²) in [5, 5.41) is 0.301. The Labute approximate surface area is 67.8 Å². The van der Waals surface area contributed by atoms with Gasteiger partial charge in [-0.05, 0) is 12.8 Å². The van der Waals surface area contributed by atoms with Gasteiger partial charge in [0.1, 0.15) is 0 Å². The molecular formula is C5H13O3PS. The van der Waals surface area contributed by atoms with Gasteiger partial charge in [-0.15, -0.1) is 0 Å². The van der Waals surface area contributed by atoms with E-state index in [2.05, 4.69) is 17.2 Å². The Hall–Kier alpha value is 0.660. The lowest BCUT2D eigenvalue weighted by atomic mass is 10.2. The van der Waals surface area contributed by atoms with E-state index in [9.17, 15) is 0 Å². The lowest BCUT2D eigenvalue weighted by Gasteiger charge is -2.07. The summed E-state index contributed by atoms with van der Waals surface area (Å²) in [5.74, 6) is 0. The number of thiol groups is 1. The van der Waals surface area contributed by atoms with Crippen molar-refractivity contribution < 1.29 is 14.3 Å². The summed E-state index contributed by atoms with van der Waals surface area (Å²) in [5.41, 5.74) is 0. The van der Waals surface area contributed by atoms with Crippen LogP contribution in [0.1, 0.15) is 19.8 Å². The Balaban J connectivity index is 3.03. The quantitative estimate of drug-likeness (QED) is 0.446. The van der Waals surface area contributed by atoms with Gasteiger partial charge in [-0.3, -0.25) is 0 Å². The van der Waals surface area contributed by atoms with Crippen LogP contribution in [0.3, 0.4) is 0 Å². The van der Waals surface area contributed by atoms with E-state index in [1.807, 2.05) is 6.92 Å². The molecule has 0 aromatic carbocycles. The molecule has 0 aliphatic heterocycles. The van der Waals surface area contributed by atoms with Gasteiger partial charge in [0.15, 0.2) is 0 Å². The fraction of sp³-hybridized carbons (Fsp3) is 1.00. The minimum absolute atomic E-state index is 0.301. The molecule has 0 aromatic rings. The summed E-state index contributed by atoms with van der Waals surface area (Å²) in [6, 6.07) is 0. The first kappa shape index (κ1) is 10.7. The van der Waals surface area contributed by atoms with Crippen molar-refractivity contribution >= 4 is 21.2 Å². The predicted octanol–water partition coefficient (Wildman–Crippen LogP) is 1.31. The zero-order valence-corrected chi connectivity index (χ0v) is 7.68. The molecule has 0 rings (SSSR count). The normalized spacial score (nSPS) is 14.1. The molecule has 2 N–H and O–H groups in total. The van der Waals surface area contributed by atoms with Gasteiger partial charge in [0.05, 0.1) is 6.61 Å². The zero-order chi connectivity index (χ0) is 7.98. The molecule has 0 aromatic heterocycles. The molecule has 0 saturated heterocycles. The molecule has 10 heavy (non-hydrogen) atoms.